The predicted octanol–water partition coefficient (Wildman–Crippen LogP) is 8.56. The third-order valence-corrected chi connectivity index (χ3v) is 13.3. The van der Waals surface area contributed by atoms with Gasteiger partial charge in [0, 0.05) is 43.6 Å². The molecule has 1 saturated heterocycles. The maximum absolute atomic E-state index is 6.70. The van der Waals surface area contributed by atoms with Crippen molar-refractivity contribution < 1.29 is 18.6 Å². The predicted molar refractivity (Wildman–Crippen MR) is 178 cm³/mol. The lowest BCUT2D eigenvalue weighted by Gasteiger charge is -2.36. The minimum absolute atomic E-state index is 0.0537. The number of ether oxygens (including phenoxy) is 3. The van der Waals surface area contributed by atoms with Crippen molar-refractivity contribution in [2.24, 2.45) is 0 Å². The zero-order chi connectivity index (χ0) is 31.2. The monoisotopic (exact) mass is 618 g/mol. The summed E-state index contributed by atoms with van der Waals surface area (Å²) in [5.41, 5.74) is 4.18. The van der Waals surface area contributed by atoms with Gasteiger partial charge in [-0.15, -0.1) is 0 Å². The van der Waals surface area contributed by atoms with E-state index in [0.29, 0.717) is 26.4 Å². The zero-order valence-corrected chi connectivity index (χ0v) is 28.4. The minimum atomic E-state index is -1.99. The lowest BCUT2D eigenvalue weighted by Crippen LogP contribution is -2.43. The summed E-state index contributed by atoms with van der Waals surface area (Å²) in [5.74, 6) is 0.901. The molecule has 44 heavy (non-hydrogen) atoms. The van der Waals surface area contributed by atoms with Crippen LogP contribution in [0.1, 0.15) is 77.6 Å². The molecule has 1 fully saturated rings. The molecule has 0 spiro atoms. The van der Waals surface area contributed by atoms with Crippen molar-refractivity contribution in [3.63, 3.8) is 0 Å². The third-order valence-electron chi connectivity index (χ3n) is 8.98. The average molecular weight is 619 g/mol. The first-order valence-electron chi connectivity index (χ1n) is 16.2. The Morgan fingerprint density at radius 2 is 1.82 bits per heavy atom. The Morgan fingerprint density at radius 3 is 2.57 bits per heavy atom. The fraction of sp³-hybridized carbons (Fsp3) is 0.543. The van der Waals surface area contributed by atoms with Crippen molar-refractivity contribution >= 4 is 19.2 Å². The molecule has 0 amide bonds. The number of fused-ring (bicyclic) bond motifs is 1. The van der Waals surface area contributed by atoms with Gasteiger partial charge < -0.3 is 18.6 Å². The number of rotatable bonds is 14. The molecule has 2 aromatic heterocycles. The molecule has 9 heteroatoms. The fourth-order valence-electron chi connectivity index (χ4n) is 5.20. The molecule has 0 N–H and O–H groups in total. The molecule has 1 aliphatic heterocycles. The van der Waals surface area contributed by atoms with Gasteiger partial charge in [-0.3, -0.25) is 4.68 Å². The van der Waals surface area contributed by atoms with Crippen molar-refractivity contribution in [1.29, 1.82) is 0 Å². The number of aromatic nitrogens is 4. The lowest BCUT2D eigenvalue weighted by molar-refractivity contribution is -0.0365. The molecule has 0 bridgehead atoms. The number of nitrogens with zero attached hydrogens (tertiary/aromatic N) is 4. The van der Waals surface area contributed by atoms with Crippen molar-refractivity contribution in [2.75, 3.05) is 26.4 Å². The summed E-state index contributed by atoms with van der Waals surface area (Å²) in [7, 11) is -1.99. The first-order chi connectivity index (χ1) is 21.1. The highest BCUT2D eigenvalue weighted by molar-refractivity contribution is 6.74. The van der Waals surface area contributed by atoms with Crippen LogP contribution in [0.3, 0.4) is 0 Å². The van der Waals surface area contributed by atoms with Crippen LogP contribution < -0.4 is 4.43 Å². The van der Waals surface area contributed by atoms with Crippen molar-refractivity contribution in [3.8, 4) is 17.0 Å². The molecule has 0 radical (unpaired) electrons. The summed E-state index contributed by atoms with van der Waals surface area (Å²) in [5, 5.41) is 11.1. The Morgan fingerprint density at radius 1 is 1.02 bits per heavy atom. The molecular formula is C35H50N4O4Si. The largest absolute Gasteiger partial charge is 0.543 e. The summed E-state index contributed by atoms with van der Waals surface area (Å²) in [6.45, 7) is 17.0. The van der Waals surface area contributed by atoms with Gasteiger partial charge in [0.05, 0.1) is 24.4 Å². The molecule has 1 unspecified atom stereocenters. The first-order valence-corrected chi connectivity index (χ1v) is 19.1. The standard InChI is InChI=1S/C35H50N4O4Si/c1-27(18-22-40-19-12-20-41-26-28-13-8-7-9-14-28)38-25-29(24-36-38)34-31-23-30(43-44(5,6)35(2,3)4)16-17-32(31)39(37-34)33-15-10-11-21-42-33/h7-9,13-14,16-17,23-25,27,33H,10-12,15,18-22,26H2,1-6H3/t27-,33?/m1/s1. The van der Waals surface area contributed by atoms with Gasteiger partial charge in [-0.2, -0.15) is 10.2 Å². The maximum Gasteiger partial charge on any atom is 0.250 e. The molecule has 0 saturated carbocycles. The van der Waals surface area contributed by atoms with Crippen LogP contribution in [0, 0.1) is 0 Å². The van der Waals surface area contributed by atoms with Gasteiger partial charge in [0.25, 0.3) is 0 Å². The molecule has 8 nitrogen and oxygen atoms in total. The van der Waals surface area contributed by atoms with Crippen LogP contribution in [0.25, 0.3) is 22.2 Å². The van der Waals surface area contributed by atoms with E-state index in [0.717, 1.165) is 66.6 Å². The molecule has 4 aromatic rings. The van der Waals surface area contributed by atoms with E-state index in [1.165, 1.54) is 5.56 Å². The Labute approximate surface area is 263 Å². The highest BCUT2D eigenvalue weighted by Gasteiger charge is 2.39. The Bertz CT molecular complexity index is 1470. The van der Waals surface area contributed by atoms with Crippen LogP contribution in [0.2, 0.25) is 18.1 Å². The Balaban J connectivity index is 1.23. The minimum Gasteiger partial charge on any atom is -0.543 e. The molecular weight excluding hydrogens is 568 g/mol. The Hall–Kier alpha value is -2.98. The quantitative estimate of drug-likeness (QED) is 0.104. The normalized spacial score (nSPS) is 16.8. The van der Waals surface area contributed by atoms with Crippen molar-refractivity contribution in [1.82, 2.24) is 19.6 Å². The van der Waals surface area contributed by atoms with E-state index >= 15 is 0 Å². The maximum atomic E-state index is 6.70. The molecule has 2 atom stereocenters. The second-order valence-electron chi connectivity index (χ2n) is 13.5. The summed E-state index contributed by atoms with van der Waals surface area (Å²) in [4.78, 5) is 0. The third kappa shape index (κ3) is 7.99. The van der Waals surface area contributed by atoms with Gasteiger partial charge in [-0.1, -0.05) is 51.1 Å². The van der Waals surface area contributed by atoms with E-state index in [9.17, 15) is 0 Å². The number of hydrogen-bond donors (Lipinski definition) is 0. The molecule has 1 aliphatic rings. The summed E-state index contributed by atoms with van der Waals surface area (Å²) >= 11 is 0. The highest BCUT2D eigenvalue weighted by Crippen LogP contribution is 2.40. The van der Waals surface area contributed by atoms with Crippen LogP contribution in [-0.4, -0.2) is 54.3 Å². The van der Waals surface area contributed by atoms with Gasteiger partial charge in [0.2, 0.25) is 8.32 Å². The van der Waals surface area contributed by atoms with Crippen LogP contribution in [0.4, 0.5) is 0 Å². The molecule has 2 aromatic carbocycles. The summed E-state index contributed by atoms with van der Waals surface area (Å²) < 4.78 is 28.6. The number of hydrogen-bond acceptors (Lipinski definition) is 6. The van der Waals surface area contributed by atoms with E-state index in [4.69, 9.17) is 28.8 Å². The van der Waals surface area contributed by atoms with Crippen molar-refractivity contribution in [3.05, 3.63) is 66.5 Å². The molecule has 5 rings (SSSR count). The van der Waals surface area contributed by atoms with E-state index in [-0.39, 0.29) is 17.3 Å². The van der Waals surface area contributed by atoms with Crippen LogP contribution in [0.5, 0.6) is 5.75 Å². The second-order valence-corrected chi connectivity index (χ2v) is 18.2. The SMILES string of the molecule is C[C@H](CCOCCCOCc1ccccc1)n1cc(-c2nn(C3CCCCO3)c3ccc(O[Si](C)(C)C(C)(C)C)cc23)cn1. The smallest absolute Gasteiger partial charge is 0.250 e. The average Bonchev–Trinajstić information content (AvgIpc) is 3.64. The van der Waals surface area contributed by atoms with E-state index in [2.05, 4.69) is 82.0 Å². The van der Waals surface area contributed by atoms with Crippen LogP contribution in [-0.2, 0) is 20.8 Å². The van der Waals surface area contributed by atoms with Gasteiger partial charge in [-0.05, 0) is 80.9 Å². The van der Waals surface area contributed by atoms with Gasteiger partial charge >= 0.3 is 0 Å². The summed E-state index contributed by atoms with van der Waals surface area (Å²) in [6, 6.07) is 16.9. The number of benzene rings is 2. The van der Waals surface area contributed by atoms with Gasteiger partial charge in [0.15, 0.2) is 6.23 Å². The molecule has 0 aliphatic carbocycles. The molecule has 3 heterocycles. The van der Waals surface area contributed by atoms with E-state index < -0.39 is 8.32 Å². The fourth-order valence-corrected chi connectivity index (χ4v) is 6.22. The first kappa shape index (κ1) is 32.4. The van der Waals surface area contributed by atoms with Crippen LogP contribution in [0.15, 0.2) is 60.9 Å². The van der Waals surface area contributed by atoms with Gasteiger partial charge in [-0.25, -0.2) is 4.68 Å². The zero-order valence-electron chi connectivity index (χ0n) is 27.4. The van der Waals surface area contributed by atoms with Crippen LogP contribution >= 0.6 is 0 Å². The van der Waals surface area contributed by atoms with Crippen molar-refractivity contribution in [2.45, 2.75) is 96.8 Å². The van der Waals surface area contributed by atoms with Gasteiger partial charge in [0.1, 0.15) is 11.4 Å². The Kier molecular flexibility index (Phi) is 10.6. The molecule has 238 valence electrons. The highest BCUT2D eigenvalue weighted by atomic mass is 28.4. The van der Waals surface area contributed by atoms with E-state index in [1.807, 2.05) is 29.1 Å². The second kappa shape index (κ2) is 14.4. The lowest BCUT2D eigenvalue weighted by atomic mass is 10.1. The van der Waals surface area contributed by atoms with E-state index in [1.54, 1.807) is 0 Å². The topological polar surface area (TPSA) is 72.6 Å². The summed E-state index contributed by atoms with van der Waals surface area (Å²) in [6.07, 6.45) is 8.95.